The summed E-state index contributed by atoms with van der Waals surface area (Å²) in [5, 5.41) is 1.35. The normalized spacial score (nSPS) is 16.0. The number of aromatic nitrogens is 2. The molecule has 0 bridgehead atoms. The number of aromatic amines is 1. The highest BCUT2D eigenvalue weighted by atomic mass is 19.1. The van der Waals surface area contributed by atoms with Gasteiger partial charge in [0.2, 0.25) is 0 Å². The van der Waals surface area contributed by atoms with Gasteiger partial charge in [0.15, 0.2) is 0 Å². The number of nitrogens with one attached hydrogen (secondary N) is 1. The summed E-state index contributed by atoms with van der Waals surface area (Å²) in [5.41, 5.74) is 0. The largest absolute Gasteiger partial charge is 0.342 e. The molecule has 3 heteroatoms. The van der Waals surface area contributed by atoms with Crippen LogP contribution in [0.5, 0.6) is 0 Å². The highest BCUT2D eigenvalue weighted by Gasteiger charge is 2.05. The van der Waals surface area contributed by atoms with E-state index in [-0.39, 0.29) is 5.83 Å². The van der Waals surface area contributed by atoms with Crippen LogP contribution in [0, 0.1) is 6.92 Å². The number of imidazole rings is 1. The fourth-order valence-corrected chi connectivity index (χ4v) is 1.33. The van der Waals surface area contributed by atoms with E-state index in [4.69, 9.17) is 0 Å². The van der Waals surface area contributed by atoms with E-state index in [1.54, 1.807) is 0 Å². The van der Waals surface area contributed by atoms with E-state index >= 15 is 0 Å². The monoisotopic (exact) mass is 152 g/mol. The van der Waals surface area contributed by atoms with Crippen molar-refractivity contribution in [3.8, 4) is 0 Å². The maximum Gasteiger partial charge on any atom is 0.128 e. The summed E-state index contributed by atoms with van der Waals surface area (Å²) >= 11 is 0. The molecule has 58 valence electrons. The Balaban J connectivity index is 2.88. The van der Waals surface area contributed by atoms with Crippen LogP contribution in [0.25, 0.3) is 11.9 Å². The molecule has 0 fully saturated rings. The first-order valence-corrected chi connectivity index (χ1v) is 3.69. The highest BCUT2D eigenvalue weighted by Crippen LogP contribution is 2.07. The number of H-pyrrole nitrogens is 1. The third kappa shape index (κ3) is 0.964. The third-order valence-electron chi connectivity index (χ3n) is 1.82. The predicted molar refractivity (Wildman–Crippen MR) is 40.8 cm³/mol. The van der Waals surface area contributed by atoms with Crippen LogP contribution in [0.2, 0.25) is 0 Å². The van der Waals surface area contributed by atoms with Crippen LogP contribution in [0.15, 0.2) is 0 Å². The molecule has 0 unspecified atom stereocenters. The Labute approximate surface area is 63.5 Å². The number of rotatable bonds is 0. The smallest absolute Gasteiger partial charge is 0.128 e. The van der Waals surface area contributed by atoms with E-state index in [1.807, 2.05) is 13.0 Å². The van der Waals surface area contributed by atoms with Crippen LogP contribution in [-0.2, 0) is 0 Å². The Bertz CT molecular complexity index is 389. The minimum absolute atomic E-state index is 0.0909. The second-order valence-electron chi connectivity index (χ2n) is 2.73. The van der Waals surface area contributed by atoms with Gasteiger partial charge < -0.3 is 4.98 Å². The average molecular weight is 152 g/mol. The molecule has 11 heavy (non-hydrogen) atoms. The molecule has 0 aliphatic heterocycles. The lowest BCUT2D eigenvalue weighted by molar-refractivity contribution is 0.691. The van der Waals surface area contributed by atoms with Crippen molar-refractivity contribution in [2.24, 2.45) is 0 Å². The molecule has 0 radical (unpaired) electrons. The first kappa shape index (κ1) is 6.58. The molecule has 1 aromatic heterocycles. The fourth-order valence-electron chi connectivity index (χ4n) is 1.33. The quantitative estimate of drug-likeness (QED) is 0.571. The lowest BCUT2D eigenvalue weighted by Gasteiger charge is -1.95. The summed E-state index contributed by atoms with van der Waals surface area (Å²) in [6.45, 7) is 1.83. The van der Waals surface area contributed by atoms with Crippen LogP contribution >= 0.6 is 0 Å². The van der Waals surface area contributed by atoms with Gasteiger partial charge in [-0.25, -0.2) is 9.37 Å². The maximum atomic E-state index is 13.0. The van der Waals surface area contributed by atoms with Gasteiger partial charge in [-0.3, -0.25) is 0 Å². The van der Waals surface area contributed by atoms with Gasteiger partial charge in [0.1, 0.15) is 17.0 Å². The molecule has 0 aromatic carbocycles. The molecule has 1 aromatic rings. The summed E-state index contributed by atoms with van der Waals surface area (Å²) in [7, 11) is 0. The van der Waals surface area contributed by atoms with E-state index in [0.29, 0.717) is 11.8 Å². The van der Waals surface area contributed by atoms with Crippen LogP contribution in [-0.4, -0.2) is 9.97 Å². The van der Waals surface area contributed by atoms with Crippen molar-refractivity contribution in [2.45, 2.75) is 19.8 Å². The van der Waals surface area contributed by atoms with Gasteiger partial charge in [0.05, 0.1) is 5.35 Å². The van der Waals surface area contributed by atoms with Gasteiger partial charge in [-0.2, -0.15) is 0 Å². The van der Waals surface area contributed by atoms with Gasteiger partial charge >= 0.3 is 0 Å². The molecule has 0 saturated heterocycles. The third-order valence-corrected chi connectivity index (χ3v) is 1.82. The average Bonchev–Trinajstić information content (AvgIpc) is 2.31. The van der Waals surface area contributed by atoms with Crippen LogP contribution < -0.4 is 10.7 Å². The Morgan fingerprint density at radius 3 is 3.18 bits per heavy atom. The summed E-state index contributed by atoms with van der Waals surface area (Å²) < 4.78 is 13.0. The molecule has 1 aliphatic rings. The van der Waals surface area contributed by atoms with Crippen molar-refractivity contribution >= 4 is 11.9 Å². The molecule has 1 N–H and O–H groups in total. The van der Waals surface area contributed by atoms with E-state index in [0.717, 1.165) is 17.6 Å². The molecule has 1 aliphatic carbocycles. The van der Waals surface area contributed by atoms with Gasteiger partial charge in [-0.05, 0) is 13.3 Å². The first-order valence-electron chi connectivity index (χ1n) is 3.69. The summed E-state index contributed by atoms with van der Waals surface area (Å²) in [6, 6.07) is 0. The molecule has 0 spiro atoms. The first-order chi connectivity index (χ1) is 5.27. The van der Waals surface area contributed by atoms with Crippen molar-refractivity contribution in [2.75, 3.05) is 0 Å². The van der Waals surface area contributed by atoms with Gasteiger partial charge in [-0.15, -0.1) is 0 Å². The number of hydrogen-bond donors (Lipinski definition) is 1. The zero-order valence-corrected chi connectivity index (χ0v) is 6.32. The van der Waals surface area contributed by atoms with Crippen molar-refractivity contribution in [3.05, 3.63) is 16.5 Å². The second-order valence-corrected chi connectivity index (χ2v) is 2.73. The molecular weight excluding hydrogens is 143 g/mol. The zero-order valence-electron chi connectivity index (χ0n) is 6.32. The fraction of sp³-hybridized carbons (Fsp3) is 0.375. The Morgan fingerprint density at radius 1 is 1.64 bits per heavy atom. The van der Waals surface area contributed by atoms with Crippen LogP contribution in [0.3, 0.4) is 0 Å². The highest BCUT2D eigenvalue weighted by molar-refractivity contribution is 5.41. The number of halogens is 1. The molecule has 0 amide bonds. The Kier molecular flexibility index (Phi) is 1.31. The summed E-state index contributed by atoms with van der Waals surface area (Å²) in [4.78, 5) is 7.03. The van der Waals surface area contributed by atoms with Crippen molar-refractivity contribution in [3.63, 3.8) is 0 Å². The summed E-state index contributed by atoms with van der Waals surface area (Å²) in [5.74, 6) is 0.690. The number of hydrogen-bond acceptors (Lipinski definition) is 1. The SMILES string of the molecule is Cc1nc2c([nH]1)=CCCC=2F. The minimum Gasteiger partial charge on any atom is -0.342 e. The van der Waals surface area contributed by atoms with E-state index in [9.17, 15) is 4.39 Å². The van der Waals surface area contributed by atoms with E-state index in [1.165, 1.54) is 0 Å². The second kappa shape index (κ2) is 2.19. The van der Waals surface area contributed by atoms with Gasteiger partial charge in [-0.1, -0.05) is 6.08 Å². The maximum absolute atomic E-state index is 13.0. The standard InChI is InChI=1S/C8H9FN2/c1-5-10-7-4-2-3-6(9)8(7)11-5/h4H,2-3H2,1H3,(H,10,11). The minimum atomic E-state index is -0.0909. The molecule has 1 heterocycles. The van der Waals surface area contributed by atoms with Crippen molar-refractivity contribution in [1.82, 2.24) is 9.97 Å². The number of nitrogens with zero attached hydrogens (tertiary/aromatic N) is 1. The van der Waals surface area contributed by atoms with Crippen LogP contribution in [0.4, 0.5) is 4.39 Å². The molecule has 2 rings (SSSR count). The molecule has 0 atom stereocenters. The Morgan fingerprint density at radius 2 is 2.45 bits per heavy atom. The predicted octanol–water partition coefficient (Wildman–Crippen LogP) is 0.370. The lowest BCUT2D eigenvalue weighted by atomic mass is 10.2. The van der Waals surface area contributed by atoms with E-state index in [2.05, 4.69) is 9.97 Å². The summed E-state index contributed by atoms with van der Waals surface area (Å²) in [6.07, 6.45) is 3.26. The van der Waals surface area contributed by atoms with Gasteiger partial charge in [0.25, 0.3) is 0 Å². The topological polar surface area (TPSA) is 28.7 Å². The van der Waals surface area contributed by atoms with E-state index < -0.39 is 0 Å². The molecule has 0 saturated carbocycles. The molecule has 2 nitrogen and oxygen atoms in total. The number of fused-ring (bicyclic) bond motifs is 1. The Hall–Kier alpha value is -1.12. The van der Waals surface area contributed by atoms with Crippen molar-refractivity contribution in [1.29, 1.82) is 0 Å². The zero-order chi connectivity index (χ0) is 7.84. The van der Waals surface area contributed by atoms with Gasteiger partial charge in [0, 0.05) is 6.42 Å². The van der Waals surface area contributed by atoms with Crippen LogP contribution in [0.1, 0.15) is 18.7 Å². The van der Waals surface area contributed by atoms with Crippen molar-refractivity contribution < 1.29 is 4.39 Å². The number of aryl methyl sites for hydroxylation is 1. The lowest BCUT2D eigenvalue weighted by Crippen LogP contribution is -2.28. The molecular formula is C8H9FN2.